The molecule has 0 spiro atoms. The number of esters is 1. The average molecular weight is 657 g/mol. The van der Waals surface area contributed by atoms with E-state index in [1.165, 1.54) is 88.8 Å². The molecule has 1 N–H and O–H groups in total. The Morgan fingerprint density at radius 2 is 1.29 bits per heavy atom. The number of rotatable bonds is 32. The van der Waals surface area contributed by atoms with Gasteiger partial charge < -0.3 is 24.4 Å². The number of unbranched alkanes of at least 4 members (excludes halogenated alkanes) is 12. The second-order valence-corrected chi connectivity index (χ2v) is 13.8. The van der Waals surface area contributed by atoms with Gasteiger partial charge in [-0.15, -0.1) is 0 Å². The Hall–Kier alpha value is -1.09. The van der Waals surface area contributed by atoms with Gasteiger partial charge in [0.1, 0.15) is 6.61 Å². The summed E-state index contributed by atoms with van der Waals surface area (Å²) >= 11 is 1.32. The minimum absolute atomic E-state index is 0.0312. The van der Waals surface area contributed by atoms with Crippen molar-refractivity contribution in [2.24, 2.45) is 0 Å². The van der Waals surface area contributed by atoms with Crippen LogP contribution in [0.25, 0.3) is 0 Å². The summed E-state index contributed by atoms with van der Waals surface area (Å²) in [5, 5.41) is 10.8. The molecule has 0 saturated carbocycles. The molecule has 1 atom stereocenters. The largest absolute Gasteiger partial charge is 0.461 e. The number of aliphatic hydroxyl groups excluding tert-OH is 1. The summed E-state index contributed by atoms with van der Waals surface area (Å²) in [6.07, 6.45) is 25.6. The van der Waals surface area contributed by atoms with Gasteiger partial charge >= 0.3 is 5.97 Å². The SMILES string of the molecule is CCCCCC/C=C\COC(=O)CCCN(CCCC(O)OC(CCCCCCC)CCCCCCC)C(=O)SCCN(C)C. The first kappa shape index (κ1) is 43.9. The topological polar surface area (TPSA) is 79.3 Å². The van der Waals surface area contributed by atoms with Gasteiger partial charge in [-0.2, -0.15) is 0 Å². The van der Waals surface area contributed by atoms with Crippen molar-refractivity contribution in [1.82, 2.24) is 9.80 Å². The lowest BCUT2D eigenvalue weighted by atomic mass is 10.0. The lowest BCUT2D eigenvalue weighted by Crippen LogP contribution is -2.32. The molecule has 0 heterocycles. The number of carbonyl (C=O) groups is 2. The standard InChI is InChI=1S/C37H72N2O5S/c1-6-9-12-15-16-19-22-32-43-35(40)27-23-29-39(37(42)45-33-31-38(4)5)30-24-28-36(41)44-34(25-20-17-13-10-7-2)26-21-18-14-11-8-3/h19,22,34,36,41H,6-18,20-21,23-33H2,1-5H3/b22-19-. The second kappa shape index (κ2) is 32.8. The van der Waals surface area contributed by atoms with Gasteiger partial charge in [-0.1, -0.05) is 128 Å². The lowest BCUT2D eigenvalue weighted by Gasteiger charge is -2.25. The molecular weight excluding hydrogens is 584 g/mol. The zero-order valence-corrected chi connectivity index (χ0v) is 30.9. The first-order chi connectivity index (χ1) is 21.8. The van der Waals surface area contributed by atoms with Gasteiger partial charge in [0.25, 0.3) is 5.24 Å². The van der Waals surface area contributed by atoms with Crippen molar-refractivity contribution < 1.29 is 24.2 Å². The summed E-state index contributed by atoms with van der Waals surface area (Å²) in [5.41, 5.74) is 0. The fourth-order valence-corrected chi connectivity index (χ4v) is 6.18. The number of nitrogens with zero attached hydrogens (tertiary/aromatic N) is 2. The maximum absolute atomic E-state index is 13.0. The van der Waals surface area contributed by atoms with Gasteiger partial charge in [-0.05, 0) is 59.0 Å². The van der Waals surface area contributed by atoms with Gasteiger partial charge in [-0.3, -0.25) is 9.59 Å². The Morgan fingerprint density at radius 1 is 0.711 bits per heavy atom. The van der Waals surface area contributed by atoms with E-state index >= 15 is 0 Å². The molecule has 45 heavy (non-hydrogen) atoms. The van der Waals surface area contributed by atoms with E-state index < -0.39 is 6.29 Å². The molecule has 0 radical (unpaired) electrons. The van der Waals surface area contributed by atoms with Crippen LogP contribution in [0.5, 0.6) is 0 Å². The van der Waals surface area contributed by atoms with Crippen molar-refractivity contribution in [3.63, 3.8) is 0 Å². The van der Waals surface area contributed by atoms with E-state index in [0.717, 1.165) is 44.4 Å². The zero-order chi connectivity index (χ0) is 33.4. The molecule has 0 rings (SSSR count). The fourth-order valence-electron chi connectivity index (χ4n) is 5.18. The van der Waals surface area contributed by atoms with Crippen LogP contribution in [-0.2, 0) is 14.3 Å². The number of ether oxygens (including phenoxy) is 2. The molecule has 1 unspecified atom stereocenters. The summed E-state index contributed by atoms with van der Waals surface area (Å²) in [6, 6.07) is 0. The van der Waals surface area contributed by atoms with Gasteiger partial charge in [0.05, 0.1) is 6.10 Å². The van der Waals surface area contributed by atoms with Gasteiger partial charge in [0, 0.05) is 31.8 Å². The third-order valence-corrected chi connectivity index (χ3v) is 8.94. The highest BCUT2D eigenvalue weighted by molar-refractivity contribution is 8.13. The van der Waals surface area contributed by atoms with E-state index in [-0.39, 0.29) is 17.3 Å². The minimum Gasteiger partial charge on any atom is -0.461 e. The number of hydrogen-bond donors (Lipinski definition) is 1. The predicted octanol–water partition coefficient (Wildman–Crippen LogP) is 9.76. The quantitative estimate of drug-likeness (QED) is 0.0334. The van der Waals surface area contributed by atoms with Crippen LogP contribution in [-0.4, -0.2) is 84.6 Å². The number of allylic oxidation sites excluding steroid dienone is 1. The molecule has 0 saturated heterocycles. The van der Waals surface area contributed by atoms with Gasteiger partial charge in [-0.25, -0.2) is 0 Å². The van der Waals surface area contributed by atoms with E-state index in [0.29, 0.717) is 45.4 Å². The number of thioether (sulfide) groups is 1. The molecule has 7 nitrogen and oxygen atoms in total. The fraction of sp³-hybridized carbons (Fsp3) is 0.892. The molecule has 0 aliphatic rings. The molecule has 8 heteroatoms. The Morgan fingerprint density at radius 3 is 1.89 bits per heavy atom. The van der Waals surface area contributed by atoms with Crippen molar-refractivity contribution in [1.29, 1.82) is 0 Å². The van der Waals surface area contributed by atoms with E-state index in [2.05, 4.69) is 31.7 Å². The minimum atomic E-state index is -0.811. The number of carbonyl (C=O) groups excluding carboxylic acids is 2. The summed E-state index contributed by atoms with van der Waals surface area (Å²) in [7, 11) is 4.00. The molecule has 0 aromatic carbocycles. The van der Waals surface area contributed by atoms with Crippen LogP contribution in [0, 0.1) is 0 Å². The Kier molecular flexibility index (Phi) is 32.0. The van der Waals surface area contributed by atoms with Crippen LogP contribution >= 0.6 is 11.8 Å². The third kappa shape index (κ3) is 30.0. The maximum atomic E-state index is 13.0. The molecule has 1 amide bonds. The van der Waals surface area contributed by atoms with Crippen molar-refractivity contribution in [2.45, 2.75) is 168 Å². The monoisotopic (exact) mass is 657 g/mol. The van der Waals surface area contributed by atoms with E-state index in [4.69, 9.17) is 9.47 Å². The van der Waals surface area contributed by atoms with E-state index in [1.54, 1.807) is 0 Å². The molecule has 0 aliphatic heterocycles. The number of hydrogen-bond acceptors (Lipinski definition) is 7. The molecule has 0 aromatic heterocycles. The average Bonchev–Trinajstić information content (AvgIpc) is 3.00. The van der Waals surface area contributed by atoms with Gasteiger partial charge in [0.2, 0.25) is 0 Å². The molecule has 266 valence electrons. The van der Waals surface area contributed by atoms with Gasteiger partial charge in [0.15, 0.2) is 6.29 Å². The number of aliphatic hydroxyl groups is 1. The third-order valence-electron chi connectivity index (χ3n) is 8.05. The molecule has 0 aliphatic carbocycles. The highest BCUT2D eigenvalue weighted by Crippen LogP contribution is 2.19. The molecule has 0 aromatic rings. The molecular formula is C37H72N2O5S. The normalized spacial score (nSPS) is 12.4. The first-order valence-corrected chi connectivity index (χ1v) is 19.5. The summed E-state index contributed by atoms with van der Waals surface area (Å²) in [5.74, 6) is 0.497. The predicted molar refractivity (Wildman–Crippen MR) is 193 cm³/mol. The summed E-state index contributed by atoms with van der Waals surface area (Å²) in [4.78, 5) is 29.2. The highest BCUT2D eigenvalue weighted by Gasteiger charge is 2.18. The Bertz CT molecular complexity index is 692. The summed E-state index contributed by atoms with van der Waals surface area (Å²) in [6.45, 7) is 8.87. The zero-order valence-electron chi connectivity index (χ0n) is 30.1. The van der Waals surface area contributed by atoms with E-state index in [9.17, 15) is 14.7 Å². The second-order valence-electron chi connectivity index (χ2n) is 12.8. The van der Waals surface area contributed by atoms with Crippen LogP contribution in [0.4, 0.5) is 4.79 Å². The summed E-state index contributed by atoms with van der Waals surface area (Å²) < 4.78 is 11.5. The van der Waals surface area contributed by atoms with Crippen molar-refractivity contribution in [3.8, 4) is 0 Å². The van der Waals surface area contributed by atoms with Crippen LogP contribution in [0.15, 0.2) is 12.2 Å². The molecule has 0 fully saturated rings. The maximum Gasteiger partial charge on any atom is 0.306 e. The van der Waals surface area contributed by atoms with Crippen LogP contribution in [0.3, 0.4) is 0 Å². The van der Waals surface area contributed by atoms with Crippen LogP contribution in [0.1, 0.15) is 156 Å². The van der Waals surface area contributed by atoms with Crippen molar-refractivity contribution in [2.75, 3.05) is 46.1 Å². The Labute approximate surface area is 282 Å². The molecule has 0 bridgehead atoms. The van der Waals surface area contributed by atoms with Crippen LogP contribution < -0.4 is 0 Å². The lowest BCUT2D eigenvalue weighted by molar-refractivity contribution is -0.144. The van der Waals surface area contributed by atoms with Crippen molar-refractivity contribution >= 4 is 23.0 Å². The smallest absolute Gasteiger partial charge is 0.306 e. The van der Waals surface area contributed by atoms with Crippen molar-refractivity contribution in [3.05, 3.63) is 12.2 Å². The highest BCUT2D eigenvalue weighted by atomic mass is 32.2. The van der Waals surface area contributed by atoms with E-state index in [1.807, 2.05) is 25.1 Å². The van der Waals surface area contributed by atoms with Crippen LogP contribution in [0.2, 0.25) is 0 Å². The first-order valence-electron chi connectivity index (χ1n) is 18.5. The number of amides is 1. The Balaban J connectivity index is 4.71.